The summed E-state index contributed by atoms with van der Waals surface area (Å²) < 4.78 is 1.22. The van der Waals surface area contributed by atoms with E-state index in [9.17, 15) is 4.79 Å². The maximum absolute atomic E-state index is 12.7. The van der Waals surface area contributed by atoms with Crippen LogP contribution in [0, 0.1) is 5.92 Å². The van der Waals surface area contributed by atoms with Gasteiger partial charge in [0.25, 0.3) is 0 Å². The fourth-order valence-electron chi connectivity index (χ4n) is 3.94. The molecule has 3 heterocycles. The van der Waals surface area contributed by atoms with E-state index < -0.39 is 0 Å². The third kappa shape index (κ3) is 3.46. The van der Waals surface area contributed by atoms with E-state index in [0.29, 0.717) is 0 Å². The highest BCUT2D eigenvalue weighted by Gasteiger charge is 2.27. The van der Waals surface area contributed by atoms with Gasteiger partial charge in [0.2, 0.25) is 5.91 Å². The minimum Gasteiger partial charge on any atom is -0.348 e. The van der Waals surface area contributed by atoms with Crippen molar-refractivity contribution in [3.63, 3.8) is 0 Å². The Morgan fingerprint density at radius 1 is 1.07 bits per heavy atom. The van der Waals surface area contributed by atoms with E-state index in [1.54, 1.807) is 22.7 Å². The SMILES string of the molecule is O=C(Nc1nc2c(s1)CCCC2)C1CCN(c2nc3ccccc3s2)CC1. The molecule has 0 unspecified atom stereocenters. The normalized spacial score (nSPS) is 17.9. The first kappa shape index (κ1) is 17.1. The molecule has 5 nitrogen and oxygen atoms in total. The maximum atomic E-state index is 12.7. The number of hydrogen-bond acceptors (Lipinski definition) is 6. The van der Waals surface area contributed by atoms with Gasteiger partial charge in [-0.15, -0.1) is 11.3 Å². The molecule has 2 aliphatic rings. The third-order valence-electron chi connectivity index (χ3n) is 5.49. The van der Waals surface area contributed by atoms with Gasteiger partial charge in [-0.2, -0.15) is 0 Å². The Bertz CT molecular complexity index is 915. The van der Waals surface area contributed by atoms with Crippen LogP contribution in [0.25, 0.3) is 10.2 Å². The van der Waals surface area contributed by atoms with Gasteiger partial charge in [0, 0.05) is 23.9 Å². The molecule has 5 rings (SSSR count). The fourth-order valence-corrected chi connectivity index (χ4v) is 6.01. The summed E-state index contributed by atoms with van der Waals surface area (Å²) in [5, 5.41) is 4.95. The van der Waals surface area contributed by atoms with Gasteiger partial charge in [0.15, 0.2) is 10.3 Å². The highest BCUT2D eigenvalue weighted by Crippen LogP contribution is 2.33. The van der Waals surface area contributed by atoms with Gasteiger partial charge in [0.1, 0.15) is 0 Å². The number of aryl methyl sites for hydroxylation is 2. The van der Waals surface area contributed by atoms with Gasteiger partial charge < -0.3 is 10.2 Å². The third-order valence-corrected chi connectivity index (χ3v) is 7.66. The monoisotopic (exact) mass is 398 g/mol. The molecule has 27 heavy (non-hydrogen) atoms. The van der Waals surface area contributed by atoms with Crippen molar-refractivity contribution in [2.75, 3.05) is 23.3 Å². The number of rotatable bonds is 3. The van der Waals surface area contributed by atoms with Crippen LogP contribution >= 0.6 is 22.7 Å². The Hall–Kier alpha value is -1.99. The second kappa shape index (κ2) is 7.20. The standard InChI is InChI=1S/C20H22N4OS2/c25-18(23-19-21-14-5-1-3-7-16(14)26-19)13-9-11-24(12-10-13)20-22-15-6-2-4-8-17(15)27-20/h2,4,6,8,13H,1,3,5,7,9-12H2,(H,21,23,25). The zero-order chi connectivity index (χ0) is 18.2. The Morgan fingerprint density at radius 3 is 2.70 bits per heavy atom. The quantitative estimate of drug-likeness (QED) is 0.706. The lowest BCUT2D eigenvalue weighted by molar-refractivity contribution is -0.120. The predicted octanol–water partition coefficient (Wildman–Crippen LogP) is 4.49. The van der Waals surface area contributed by atoms with Crippen LogP contribution in [-0.4, -0.2) is 29.0 Å². The van der Waals surface area contributed by atoms with Gasteiger partial charge >= 0.3 is 0 Å². The summed E-state index contributed by atoms with van der Waals surface area (Å²) in [6.45, 7) is 1.76. The van der Waals surface area contributed by atoms with Gasteiger partial charge in [-0.3, -0.25) is 4.79 Å². The molecule has 0 radical (unpaired) electrons. The summed E-state index contributed by atoms with van der Waals surface area (Å²) >= 11 is 3.40. The number of carbonyl (C=O) groups is 1. The van der Waals surface area contributed by atoms with Gasteiger partial charge in [-0.25, -0.2) is 9.97 Å². The molecule has 3 aromatic rings. The lowest BCUT2D eigenvalue weighted by Crippen LogP contribution is -2.38. The summed E-state index contributed by atoms with van der Waals surface area (Å²) in [5.74, 6) is 0.196. The molecule has 0 atom stereocenters. The van der Waals surface area contributed by atoms with Crippen LogP contribution in [0.4, 0.5) is 10.3 Å². The van der Waals surface area contributed by atoms with E-state index in [4.69, 9.17) is 4.98 Å². The average Bonchev–Trinajstić information content (AvgIpc) is 3.31. The van der Waals surface area contributed by atoms with E-state index in [-0.39, 0.29) is 11.8 Å². The van der Waals surface area contributed by atoms with Crippen molar-refractivity contribution in [2.45, 2.75) is 38.5 Å². The topological polar surface area (TPSA) is 58.1 Å². The molecule has 1 N–H and O–H groups in total. The molecular weight excluding hydrogens is 376 g/mol. The number of fused-ring (bicyclic) bond motifs is 2. The van der Waals surface area contributed by atoms with Crippen molar-refractivity contribution in [1.82, 2.24) is 9.97 Å². The summed E-state index contributed by atoms with van der Waals surface area (Å²) in [7, 11) is 0. The first-order chi connectivity index (χ1) is 13.3. The molecule has 0 saturated carbocycles. The molecule has 0 spiro atoms. The average molecular weight is 399 g/mol. The lowest BCUT2D eigenvalue weighted by Gasteiger charge is -2.30. The summed E-state index contributed by atoms with van der Waals surface area (Å²) in [4.78, 5) is 25.8. The van der Waals surface area contributed by atoms with E-state index in [2.05, 4.69) is 33.4 Å². The lowest BCUT2D eigenvalue weighted by atomic mass is 9.96. The zero-order valence-corrected chi connectivity index (χ0v) is 16.7. The highest BCUT2D eigenvalue weighted by atomic mass is 32.1. The summed E-state index contributed by atoms with van der Waals surface area (Å²) in [6.07, 6.45) is 6.37. The first-order valence-corrected chi connectivity index (χ1v) is 11.3. The molecule has 1 aromatic carbocycles. The number of hydrogen-bond donors (Lipinski definition) is 1. The van der Waals surface area contributed by atoms with Crippen molar-refractivity contribution >= 4 is 49.1 Å². The molecule has 1 aliphatic heterocycles. The van der Waals surface area contributed by atoms with Crippen LogP contribution < -0.4 is 10.2 Å². The zero-order valence-electron chi connectivity index (χ0n) is 15.1. The van der Waals surface area contributed by atoms with Crippen LogP contribution in [0.5, 0.6) is 0 Å². The fraction of sp³-hybridized carbons (Fsp3) is 0.450. The van der Waals surface area contributed by atoms with Crippen LogP contribution in [0.3, 0.4) is 0 Å². The van der Waals surface area contributed by atoms with Crippen molar-refractivity contribution in [3.8, 4) is 0 Å². The molecule has 1 amide bonds. The number of thiazole rings is 2. The smallest absolute Gasteiger partial charge is 0.229 e. The van der Waals surface area contributed by atoms with E-state index in [1.165, 1.54) is 28.1 Å². The van der Waals surface area contributed by atoms with E-state index in [0.717, 1.165) is 54.6 Å². The minimum atomic E-state index is 0.0663. The Kier molecular flexibility index (Phi) is 4.57. The number of nitrogens with zero attached hydrogens (tertiary/aromatic N) is 3. The molecule has 1 aliphatic carbocycles. The number of anilines is 2. The predicted molar refractivity (Wildman–Crippen MR) is 112 cm³/mol. The van der Waals surface area contributed by atoms with Crippen LogP contribution in [0.15, 0.2) is 24.3 Å². The van der Waals surface area contributed by atoms with Crippen LogP contribution in [-0.2, 0) is 17.6 Å². The van der Waals surface area contributed by atoms with Crippen LogP contribution in [0.2, 0.25) is 0 Å². The van der Waals surface area contributed by atoms with Crippen molar-refractivity contribution < 1.29 is 4.79 Å². The molecule has 1 fully saturated rings. The van der Waals surface area contributed by atoms with E-state index >= 15 is 0 Å². The van der Waals surface area contributed by atoms with Crippen molar-refractivity contribution in [1.29, 1.82) is 0 Å². The number of aromatic nitrogens is 2. The molecule has 0 bridgehead atoms. The van der Waals surface area contributed by atoms with Crippen molar-refractivity contribution in [3.05, 3.63) is 34.8 Å². The molecule has 2 aromatic heterocycles. The number of amides is 1. The summed E-state index contributed by atoms with van der Waals surface area (Å²) in [5.41, 5.74) is 2.26. The first-order valence-electron chi connectivity index (χ1n) is 9.66. The number of benzene rings is 1. The van der Waals surface area contributed by atoms with Gasteiger partial charge in [0.05, 0.1) is 15.9 Å². The maximum Gasteiger partial charge on any atom is 0.229 e. The Morgan fingerprint density at radius 2 is 1.89 bits per heavy atom. The minimum absolute atomic E-state index is 0.0663. The Balaban J connectivity index is 1.21. The molecule has 7 heteroatoms. The number of para-hydroxylation sites is 1. The van der Waals surface area contributed by atoms with Crippen LogP contribution in [0.1, 0.15) is 36.3 Å². The van der Waals surface area contributed by atoms with Gasteiger partial charge in [-0.05, 0) is 50.7 Å². The number of carbonyl (C=O) groups excluding carboxylic acids is 1. The highest BCUT2D eigenvalue weighted by molar-refractivity contribution is 7.22. The Labute approximate surface area is 166 Å². The number of piperidine rings is 1. The molecule has 1 saturated heterocycles. The van der Waals surface area contributed by atoms with Gasteiger partial charge in [-0.1, -0.05) is 23.5 Å². The second-order valence-electron chi connectivity index (χ2n) is 7.31. The van der Waals surface area contributed by atoms with E-state index in [1.807, 2.05) is 6.07 Å². The molecular formula is C20H22N4OS2. The second-order valence-corrected chi connectivity index (χ2v) is 9.40. The largest absolute Gasteiger partial charge is 0.348 e. The van der Waals surface area contributed by atoms with Crippen molar-refractivity contribution in [2.24, 2.45) is 5.92 Å². The summed E-state index contributed by atoms with van der Waals surface area (Å²) in [6, 6.07) is 8.25. The molecule has 140 valence electrons. The number of nitrogens with one attached hydrogen (secondary N) is 1.